The molecule has 2 aliphatic rings. The third-order valence-corrected chi connectivity index (χ3v) is 17.3. The van der Waals surface area contributed by atoms with Crippen molar-refractivity contribution in [1.82, 2.24) is 35.8 Å². The SMILES string of the molecule is Cc1ncsc1-c1ccc(C(C)NC(=O)C2CC(O)CN2C(=O)C(NC(=O)CCOCCOCCOCCOCCNC(=O)CCCCCC2(CN)CCN(c3cnc(Sc4cccc(Cl)c4Cl)c(N)n3)CC2)C(C)(C)C)cc1. The van der Waals surface area contributed by atoms with E-state index in [1.54, 1.807) is 23.6 Å². The molecule has 6 rings (SSSR count). The largest absolute Gasteiger partial charge is 0.391 e. The van der Waals surface area contributed by atoms with Gasteiger partial charge in [-0.2, -0.15) is 0 Å². The number of ether oxygens (including phenoxy) is 4. The summed E-state index contributed by atoms with van der Waals surface area (Å²) >= 11 is 15.4. The van der Waals surface area contributed by atoms with E-state index in [1.807, 2.05) is 76.5 Å². The van der Waals surface area contributed by atoms with E-state index in [0.29, 0.717) is 80.0 Å². The quantitative estimate of drug-likeness (QED) is 0.0269. The molecule has 0 aliphatic carbocycles. The number of aromatic nitrogens is 3. The summed E-state index contributed by atoms with van der Waals surface area (Å²) in [5.74, 6) is -0.0670. The number of nitrogens with one attached hydrogen (secondary N) is 3. The van der Waals surface area contributed by atoms with E-state index in [9.17, 15) is 24.3 Å². The Morgan fingerprint density at radius 1 is 0.886 bits per heavy atom. The number of amides is 4. The zero-order chi connectivity index (χ0) is 57.0. The molecule has 434 valence electrons. The fourth-order valence-electron chi connectivity index (χ4n) is 9.54. The smallest absolute Gasteiger partial charge is 0.246 e. The minimum Gasteiger partial charge on any atom is -0.391 e. The highest BCUT2D eigenvalue weighted by atomic mass is 35.5. The zero-order valence-electron chi connectivity index (χ0n) is 46.2. The molecule has 0 radical (unpaired) electrons. The maximum atomic E-state index is 14.0. The summed E-state index contributed by atoms with van der Waals surface area (Å²) < 4.78 is 22.4. The van der Waals surface area contributed by atoms with Crippen molar-refractivity contribution in [3.63, 3.8) is 0 Å². The number of carbonyl (C=O) groups is 4. The molecule has 4 atom stereocenters. The van der Waals surface area contributed by atoms with Crippen LogP contribution in [0.15, 0.2) is 64.1 Å². The summed E-state index contributed by atoms with van der Waals surface area (Å²) in [6.45, 7) is 14.6. The van der Waals surface area contributed by atoms with Gasteiger partial charge in [0.15, 0.2) is 5.82 Å². The molecule has 2 aromatic carbocycles. The Balaban J connectivity index is 0.742. The minimum atomic E-state index is -0.940. The van der Waals surface area contributed by atoms with Crippen molar-refractivity contribution in [3.05, 3.63) is 75.5 Å². The number of nitrogens with two attached hydrogens (primary N) is 2. The lowest BCUT2D eigenvalue weighted by atomic mass is 9.74. The number of rotatable bonds is 31. The first-order valence-corrected chi connectivity index (χ1v) is 29.7. The molecule has 0 saturated carbocycles. The monoisotopic (exact) mass is 1170 g/mol. The summed E-state index contributed by atoms with van der Waals surface area (Å²) in [7, 11) is 0. The van der Waals surface area contributed by atoms with E-state index in [1.165, 1.54) is 16.7 Å². The van der Waals surface area contributed by atoms with Crippen molar-refractivity contribution in [2.75, 3.05) is 96.2 Å². The van der Waals surface area contributed by atoms with Crippen molar-refractivity contribution in [2.45, 2.75) is 127 Å². The van der Waals surface area contributed by atoms with Crippen LogP contribution in [0.3, 0.4) is 0 Å². The first-order valence-electron chi connectivity index (χ1n) is 27.2. The van der Waals surface area contributed by atoms with Gasteiger partial charge in [-0.25, -0.2) is 15.0 Å². The van der Waals surface area contributed by atoms with Gasteiger partial charge in [0.25, 0.3) is 0 Å². The molecular weight excluding hydrogens is 1090 g/mol. The maximum Gasteiger partial charge on any atom is 0.246 e. The number of aliphatic hydroxyl groups is 1. The third-order valence-electron chi connectivity index (χ3n) is 14.3. The second kappa shape index (κ2) is 31.5. The van der Waals surface area contributed by atoms with E-state index < -0.39 is 29.5 Å². The van der Waals surface area contributed by atoms with Crippen LogP contribution in [-0.4, -0.2) is 152 Å². The second-order valence-electron chi connectivity index (χ2n) is 21.3. The molecule has 0 spiro atoms. The standard InChI is InChI=1S/C56H80Cl2N10O9S2/c1-37(39-13-15-40(16-14-39)49-38(2)63-36-78-49)64-52(72)43-32-41(69)34-68(43)54(73)50(55(3,4)5)66-47(71)17-24-74-26-28-76-30-31-77-29-27-75-25-21-61-46(70)12-7-6-8-18-56(35-59)19-22-67(23-20-56)45-33-62-53(51(60)65-45)79-44-11-9-10-42(57)48(44)58/h9-11,13-16,33,36-37,41,43,50,69H,6-8,12,17-32,34-35,59H2,1-5H3,(H2,60,65)(H,61,70)(H,64,72)(H,66,71). The number of benzene rings is 2. The normalized spacial score (nSPS) is 17.1. The molecule has 4 unspecified atom stereocenters. The number of nitrogens with zero attached hydrogens (tertiary/aromatic N) is 5. The van der Waals surface area contributed by atoms with Crippen LogP contribution < -0.4 is 32.3 Å². The number of β-amino-alcohol motifs (C(OH)–C–C–N with tert-alkyl or cyclic N) is 1. The van der Waals surface area contributed by atoms with Gasteiger partial charge in [-0.15, -0.1) is 11.3 Å². The Bertz CT molecular complexity index is 2590. The van der Waals surface area contributed by atoms with E-state index in [4.69, 9.17) is 53.6 Å². The van der Waals surface area contributed by atoms with Gasteiger partial charge in [-0.3, -0.25) is 19.2 Å². The van der Waals surface area contributed by atoms with Crippen molar-refractivity contribution >= 4 is 81.6 Å². The van der Waals surface area contributed by atoms with Crippen molar-refractivity contribution in [3.8, 4) is 10.4 Å². The number of halogens is 2. The lowest BCUT2D eigenvalue weighted by Gasteiger charge is -2.42. The van der Waals surface area contributed by atoms with Gasteiger partial charge in [0, 0.05) is 50.3 Å². The topological polar surface area (TPSA) is 259 Å². The number of hydrogen-bond donors (Lipinski definition) is 6. The molecule has 79 heavy (non-hydrogen) atoms. The average Bonchev–Trinajstić information content (AvgIpc) is 4.06. The summed E-state index contributed by atoms with van der Waals surface area (Å²) in [5, 5.41) is 20.9. The number of hydrogen-bond acceptors (Lipinski definition) is 17. The Hall–Kier alpha value is -4.68. The molecule has 19 nitrogen and oxygen atoms in total. The van der Waals surface area contributed by atoms with E-state index in [0.717, 1.165) is 84.0 Å². The van der Waals surface area contributed by atoms with Gasteiger partial charge in [0.2, 0.25) is 23.6 Å². The van der Waals surface area contributed by atoms with Gasteiger partial charge >= 0.3 is 0 Å². The number of nitrogen functional groups attached to an aromatic ring is 1. The highest BCUT2D eigenvalue weighted by molar-refractivity contribution is 7.99. The van der Waals surface area contributed by atoms with Crippen LogP contribution in [0.2, 0.25) is 10.0 Å². The molecule has 0 bridgehead atoms. The highest BCUT2D eigenvalue weighted by Crippen LogP contribution is 2.40. The summed E-state index contributed by atoms with van der Waals surface area (Å²) in [6.07, 6.45) is 7.14. The van der Waals surface area contributed by atoms with Gasteiger partial charge in [0.1, 0.15) is 22.9 Å². The molecule has 4 aromatic rings. The predicted octanol–water partition coefficient (Wildman–Crippen LogP) is 7.39. The number of likely N-dealkylation sites (tertiary alicyclic amines) is 1. The fraction of sp³-hybridized carbons (Fsp3) is 0.589. The van der Waals surface area contributed by atoms with Crippen LogP contribution >= 0.6 is 46.3 Å². The lowest BCUT2D eigenvalue weighted by Crippen LogP contribution is -2.58. The maximum absolute atomic E-state index is 14.0. The van der Waals surface area contributed by atoms with E-state index in [2.05, 4.69) is 35.8 Å². The number of carbonyl (C=O) groups excluding carboxylic acids is 4. The van der Waals surface area contributed by atoms with Gasteiger partial charge in [0.05, 0.1) is 97.3 Å². The number of unbranched alkanes of at least 4 members (excludes halogenated alkanes) is 2. The summed E-state index contributed by atoms with van der Waals surface area (Å²) in [4.78, 5) is 72.2. The van der Waals surface area contributed by atoms with Crippen LogP contribution in [-0.2, 0) is 38.1 Å². The molecule has 8 N–H and O–H groups in total. The van der Waals surface area contributed by atoms with Crippen LogP contribution in [0.5, 0.6) is 0 Å². The Morgan fingerprint density at radius 2 is 1.56 bits per heavy atom. The van der Waals surface area contributed by atoms with E-state index in [-0.39, 0.29) is 61.8 Å². The van der Waals surface area contributed by atoms with E-state index >= 15 is 0 Å². The number of aryl methyl sites for hydroxylation is 1. The molecule has 23 heteroatoms. The number of anilines is 2. The first-order chi connectivity index (χ1) is 37.9. The highest BCUT2D eigenvalue weighted by Gasteiger charge is 2.45. The van der Waals surface area contributed by atoms with Gasteiger partial charge in [-0.1, -0.05) is 98.9 Å². The summed E-state index contributed by atoms with van der Waals surface area (Å²) in [5.41, 5.74) is 16.7. The van der Waals surface area contributed by atoms with Crippen LogP contribution in [0.1, 0.15) is 103 Å². The molecule has 4 heterocycles. The molecule has 2 fully saturated rings. The van der Waals surface area contributed by atoms with Gasteiger partial charge < -0.3 is 61.3 Å². The van der Waals surface area contributed by atoms with Gasteiger partial charge in [-0.05, 0) is 80.2 Å². The summed E-state index contributed by atoms with van der Waals surface area (Å²) in [6, 6.07) is 11.2. The Morgan fingerprint density at radius 3 is 2.19 bits per heavy atom. The molecule has 2 aliphatic heterocycles. The van der Waals surface area contributed by atoms with Crippen LogP contribution in [0.4, 0.5) is 11.6 Å². The molecular formula is C56H80Cl2N10O9S2. The number of piperidine rings is 1. The Kier molecular flexibility index (Phi) is 25.3. The van der Waals surface area contributed by atoms with Crippen molar-refractivity contribution < 1.29 is 43.2 Å². The molecule has 4 amide bonds. The number of aliphatic hydroxyl groups excluding tert-OH is 1. The average molecular weight is 1170 g/mol. The number of thiazole rings is 1. The molecule has 2 saturated heterocycles. The first kappa shape index (κ1) is 63.5. The third kappa shape index (κ3) is 19.5. The van der Waals surface area contributed by atoms with Crippen molar-refractivity contribution in [2.24, 2.45) is 16.6 Å². The molecule has 2 aromatic heterocycles. The lowest BCUT2D eigenvalue weighted by molar-refractivity contribution is -0.144. The van der Waals surface area contributed by atoms with Crippen LogP contribution in [0, 0.1) is 17.8 Å². The van der Waals surface area contributed by atoms with Crippen LogP contribution in [0.25, 0.3) is 10.4 Å². The minimum absolute atomic E-state index is 0.0111. The van der Waals surface area contributed by atoms with Crippen molar-refractivity contribution in [1.29, 1.82) is 0 Å². The second-order valence-corrected chi connectivity index (χ2v) is 23.9. The fourth-order valence-corrected chi connectivity index (χ4v) is 11.6. The predicted molar refractivity (Wildman–Crippen MR) is 310 cm³/mol. The zero-order valence-corrected chi connectivity index (χ0v) is 49.4. The Labute approximate surface area is 483 Å².